The fraction of sp³-hybridized carbons (Fsp3) is 0.267. The van der Waals surface area contributed by atoms with Crippen molar-refractivity contribution >= 4 is 34.3 Å². The van der Waals surface area contributed by atoms with Crippen LogP contribution in [-0.4, -0.2) is 16.3 Å². The molecule has 1 unspecified atom stereocenters. The molecular formula is C15H16ClN3S2. The molecule has 3 aromatic rings. The van der Waals surface area contributed by atoms with E-state index in [1.165, 1.54) is 9.75 Å². The normalized spacial score (nSPS) is 12.7. The number of halogens is 1. The van der Waals surface area contributed by atoms with Crippen molar-refractivity contribution in [1.82, 2.24) is 15.1 Å². The van der Waals surface area contributed by atoms with E-state index in [1.807, 2.05) is 24.0 Å². The van der Waals surface area contributed by atoms with Gasteiger partial charge in [-0.15, -0.1) is 22.7 Å². The molecule has 3 nitrogen and oxygen atoms in total. The van der Waals surface area contributed by atoms with Crippen molar-refractivity contribution < 1.29 is 0 Å². The minimum atomic E-state index is 0.214. The monoisotopic (exact) mass is 337 g/mol. The van der Waals surface area contributed by atoms with Crippen LogP contribution in [0.15, 0.2) is 41.9 Å². The largest absolute Gasteiger partial charge is 0.305 e. The first-order valence-electron chi connectivity index (χ1n) is 6.73. The number of hydrogen-bond donors (Lipinski definition) is 1. The molecule has 6 heteroatoms. The fourth-order valence-corrected chi connectivity index (χ4v) is 4.27. The topological polar surface area (TPSA) is 29.9 Å². The maximum absolute atomic E-state index is 6.08. The van der Waals surface area contributed by atoms with E-state index in [2.05, 4.69) is 40.1 Å². The summed E-state index contributed by atoms with van der Waals surface area (Å²) < 4.78 is 2.67. The Morgan fingerprint density at radius 1 is 1.29 bits per heavy atom. The summed E-state index contributed by atoms with van der Waals surface area (Å²) in [4.78, 5) is 2.57. The van der Waals surface area contributed by atoms with E-state index >= 15 is 0 Å². The van der Waals surface area contributed by atoms with Gasteiger partial charge in [0, 0.05) is 36.0 Å². The van der Waals surface area contributed by atoms with Gasteiger partial charge in [0.05, 0.1) is 16.1 Å². The molecule has 1 atom stereocenters. The van der Waals surface area contributed by atoms with Gasteiger partial charge in [-0.2, -0.15) is 5.10 Å². The SMILES string of the molecule is Cn1ccc(CCNC(c2cccs2)c2ccc(Cl)s2)n1. The molecule has 0 fully saturated rings. The van der Waals surface area contributed by atoms with Gasteiger partial charge >= 0.3 is 0 Å². The van der Waals surface area contributed by atoms with Gasteiger partial charge in [-0.3, -0.25) is 4.68 Å². The quantitative estimate of drug-likeness (QED) is 0.733. The Bertz CT molecular complexity index is 687. The molecule has 0 amide bonds. The zero-order valence-corrected chi connectivity index (χ0v) is 14.0. The molecule has 0 aliphatic carbocycles. The lowest BCUT2D eigenvalue weighted by Crippen LogP contribution is -2.23. The van der Waals surface area contributed by atoms with Gasteiger partial charge < -0.3 is 5.32 Å². The number of nitrogens with zero attached hydrogens (tertiary/aromatic N) is 2. The molecule has 0 spiro atoms. The van der Waals surface area contributed by atoms with Crippen LogP contribution in [-0.2, 0) is 13.5 Å². The van der Waals surface area contributed by atoms with E-state index in [1.54, 1.807) is 22.7 Å². The highest BCUT2D eigenvalue weighted by Crippen LogP contribution is 2.32. The lowest BCUT2D eigenvalue weighted by Gasteiger charge is -2.15. The number of aromatic nitrogens is 2. The Morgan fingerprint density at radius 2 is 2.19 bits per heavy atom. The Balaban J connectivity index is 1.68. The molecule has 21 heavy (non-hydrogen) atoms. The molecule has 0 aliphatic rings. The zero-order chi connectivity index (χ0) is 14.7. The smallest absolute Gasteiger partial charge is 0.0931 e. The van der Waals surface area contributed by atoms with Gasteiger partial charge in [-0.05, 0) is 29.6 Å². The molecule has 1 N–H and O–H groups in total. The van der Waals surface area contributed by atoms with E-state index in [9.17, 15) is 0 Å². The highest BCUT2D eigenvalue weighted by Gasteiger charge is 2.16. The van der Waals surface area contributed by atoms with E-state index in [0.29, 0.717) is 0 Å². The molecule has 0 radical (unpaired) electrons. The molecule has 3 rings (SSSR count). The molecule has 3 heterocycles. The molecular weight excluding hydrogens is 322 g/mol. The molecule has 110 valence electrons. The summed E-state index contributed by atoms with van der Waals surface area (Å²) in [5.41, 5.74) is 1.11. The van der Waals surface area contributed by atoms with Crippen LogP contribution in [0.1, 0.15) is 21.5 Å². The second kappa shape index (κ2) is 6.75. The molecule has 0 aliphatic heterocycles. The third-order valence-electron chi connectivity index (χ3n) is 3.20. The van der Waals surface area contributed by atoms with Gasteiger partial charge in [0.25, 0.3) is 0 Å². The number of nitrogens with one attached hydrogen (secondary N) is 1. The predicted molar refractivity (Wildman–Crippen MR) is 90.4 cm³/mol. The number of aryl methyl sites for hydroxylation is 1. The first-order chi connectivity index (χ1) is 10.2. The van der Waals surface area contributed by atoms with E-state index in [-0.39, 0.29) is 6.04 Å². The molecule has 0 saturated carbocycles. The van der Waals surface area contributed by atoms with E-state index in [4.69, 9.17) is 11.6 Å². The summed E-state index contributed by atoms with van der Waals surface area (Å²) >= 11 is 9.48. The van der Waals surface area contributed by atoms with E-state index < -0.39 is 0 Å². The summed E-state index contributed by atoms with van der Waals surface area (Å²) in [5.74, 6) is 0. The highest BCUT2D eigenvalue weighted by molar-refractivity contribution is 7.16. The number of hydrogen-bond acceptors (Lipinski definition) is 4. The average molecular weight is 338 g/mol. The Kier molecular flexibility index (Phi) is 4.75. The Labute approximate surface area is 137 Å². The van der Waals surface area contributed by atoms with Crippen molar-refractivity contribution in [1.29, 1.82) is 0 Å². The average Bonchev–Trinajstić information content (AvgIpc) is 3.17. The molecule has 0 aromatic carbocycles. The standard InChI is InChI=1S/C15H16ClN3S2/c1-19-9-7-11(18-19)6-8-17-15(12-3-2-10-20-12)13-4-5-14(16)21-13/h2-5,7,9-10,15,17H,6,8H2,1H3. The third kappa shape index (κ3) is 3.74. The summed E-state index contributed by atoms with van der Waals surface area (Å²) in [7, 11) is 1.94. The first-order valence-corrected chi connectivity index (χ1v) is 8.80. The lowest BCUT2D eigenvalue weighted by molar-refractivity contribution is 0.611. The van der Waals surface area contributed by atoms with Gasteiger partial charge in [-0.1, -0.05) is 17.7 Å². The van der Waals surface area contributed by atoms with Gasteiger partial charge in [0.2, 0.25) is 0 Å². The Morgan fingerprint density at radius 3 is 2.81 bits per heavy atom. The van der Waals surface area contributed by atoms with Crippen molar-refractivity contribution in [3.8, 4) is 0 Å². The maximum Gasteiger partial charge on any atom is 0.0931 e. The van der Waals surface area contributed by atoms with Crippen LogP contribution in [0.3, 0.4) is 0 Å². The second-order valence-corrected chi connectivity index (χ2v) is 7.50. The lowest BCUT2D eigenvalue weighted by atomic mass is 10.2. The van der Waals surface area contributed by atoms with Gasteiger partial charge in [-0.25, -0.2) is 0 Å². The van der Waals surface area contributed by atoms with Crippen LogP contribution in [0, 0.1) is 0 Å². The second-order valence-electron chi connectivity index (χ2n) is 4.78. The van der Waals surface area contributed by atoms with Crippen molar-refractivity contribution in [2.45, 2.75) is 12.5 Å². The summed E-state index contributed by atoms with van der Waals surface area (Å²) in [5, 5.41) is 10.1. The Hall–Kier alpha value is -1.14. The molecule has 0 saturated heterocycles. The van der Waals surface area contributed by atoms with E-state index in [0.717, 1.165) is 23.0 Å². The summed E-state index contributed by atoms with van der Waals surface area (Å²) in [6, 6.07) is 10.6. The summed E-state index contributed by atoms with van der Waals surface area (Å²) in [6.45, 7) is 0.884. The van der Waals surface area contributed by atoms with Crippen molar-refractivity contribution in [2.24, 2.45) is 7.05 Å². The summed E-state index contributed by atoms with van der Waals surface area (Å²) in [6.07, 6.45) is 2.90. The van der Waals surface area contributed by atoms with Crippen LogP contribution >= 0.6 is 34.3 Å². The maximum atomic E-state index is 6.08. The number of rotatable bonds is 6. The van der Waals surface area contributed by atoms with Gasteiger partial charge in [0.1, 0.15) is 0 Å². The molecule has 3 aromatic heterocycles. The third-order valence-corrected chi connectivity index (χ3v) is 5.44. The van der Waals surface area contributed by atoms with Crippen LogP contribution in [0.25, 0.3) is 0 Å². The highest BCUT2D eigenvalue weighted by atomic mass is 35.5. The van der Waals surface area contributed by atoms with Crippen LogP contribution in [0.2, 0.25) is 4.34 Å². The molecule has 0 bridgehead atoms. The van der Waals surface area contributed by atoms with Crippen molar-refractivity contribution in [2.75, 3.05) is 6.54 Å². The van der Waals surface area contributed by atoms with Crippen LogP contribution in [0.4, 0.5) is 0 Å². The fourth-order valence-electron chi connectivity index (χ4n) is 2.22. The van der Waals surface area contributed by atoms with Crippen molar-refractivity contribution in [3.05, 3.63) is 61.7 Å². The van der Waals surface area contributed by atoms with Crippen LogP contribution < -0.4 is 5.32 Å². The minimum Gasteiger partial charge on any atom is -0.305 e. The number of thiophene rings is 2. The first kappa shape index (κ1) is 14.8. The van der Waals surface area contributed by atoms with Gasteiger partial charge in [0.15, 0.2) is 0 Å². The van der Waals surface area contributed by atoms with Crippen molar-refractivity contribution in [3.63, 3.8) is 0 Å². The zero-order valence-electron chi connectivity index (χ0n) is 11.6. The van der Waals surface area contributed by atoms with Crippen LogP contribution in [0.5, 0.6) is 0 Å². The minimum absolute atomic E-state index is 0.214. The predicted octanol–water partition coefficient (Wildman–Crippen LogP) is 4.12.